The van der Waals surface area contributed by atoms with Gasteiger partial charge in [0.05, 0.1) is 11.6 Å². The lowest BCUT2D eigenvalue weighted by molar-refractivity contribution is -0.113. The molecule has 3 rings (SSSR count). The van der Waals surface area contributed by atoms with Gasteiger partial charge < -0.3 is 16.0 Å². The number of urea groups is 1. The number of hydrogen-bond acceptors (Lipinski definition) is 2. The van der Waals surface area contributed by atoms with Gasteiger partial charge in [-0.05, 0) is 37.6 Å². The van der Waals surface area contributed by atoms with Crippen molar-refractivity contribution in [3.8, 4) is 0 Å². The van der Waals surface area contributed by atoms with Crippen LogP contribution in [0.2, 0.25) is 5.02 Å². The Labute approximate surface area is 155 Å². The lowest BCUT2D eigenvalue weighted by atomic mass is 9.94. The zero-order valence-corrected chi connectivity index (χ0v) is 14.9. The number of rotatable bonds is 3. The van der Waals surface area contributed by atoms with E-state index in [1.165, 1.54) is 12.1 Å². The van der Waals surface area contributed by atoms with Crippen LogP contribution in [0.3, 0.4) is 0 Å². The number of amides is 3. The first-order chi connectivity index (χ1) is 12.4. The van der Waals surface area contributed by atoms with Crippen LogP contribution in [0.4, 0.5) is 14.9 Å². The molecule has 134 valence electrons. The number of halogens is 2. The summed E-state index contributed by atoms with van der Waals surface area (Å²) in [6, 6.07) is 9.80. The van der Waals surface area contributed by atoms with Gasteiger partial charge in [0, 0.05) is 22.0 Å². The standard InChI is InChI=1S/C19H17ClFN3O2/c1-10-13(20)7-5-9-15(10)23-18(25)16-11(2)22-19(26)24-17(16)12-6-3-4-8-14(12)21/h3-9,17H,1-2H3,(H,23,25)(H2,22,24,26)/t17-/m0/s1. The van der Waals surface area contributed by atoms with Gasteiger partial charge in [-0.2, -0.15) is 0 Å². The number of carbonyl (C=O) groups is 2. The maximum atomic E-state index is 14.3. The van der Waals surface area contributed by atoms with Crippen LogP contribution in [0.5, 0.6) is 0 Å². The highest BCUT2D eigenvalue weighted by Gasteiger charge is 2.32. The molecule has 0 aliphatic carbocycles. The van der Waals surface area contributed by atoms with Crippen LogP contribution in [0.15, 0.2) is 53.7 Å². The number of benzene rings is 2. The summed E-state index contributed by atoms with van der Waals surface area (Å²) in [7, 11) is 0. The summed E-state index contributed by atoms with van der Waals surface area (Å²) >= 11 is 6.09. The Morgan fingerprint density at radius 1 is 1.15 bits per heavy atom. The third-order valence-electron chi connectivity index (χ3n) is 4.25. The van der Waals surface area contributed by atoms with Gasteiger partial charge >= 0.3 is 6.03 Å². The molecule has 5 nitrogen and oxygen atoms in total. The molecule has 7 heteroatoms. The Bertz CT molecular complexity index is 927. The molecular weight excluding hydrogens is 357 g/mol. The zero-order valence-electron chi connectivity index (χ0n) is 14.2. The third kappa shape index (κ3) is 3.41. The van der Waals surface area contributed by atoms with Crippen molar-refractivity contribution >= 4 is 29.2 Å². The van der Waals surface area contributed by atoms with Crippen molar-refractivity contribution in [1.29, 1.82) is 0 Å². The van der Waals surface area contributed by atoms with Crippen LogP contribution >= 0.6 is 11.6 Å². The van der Waals surface area contributed by atoms with E-state index in [-0.39, 0.29) is 11.1 Å². The number of anilines is 1. The molecule has 1 aliphatic heterocycles. The normalized spacial score (nSPS) is 16.8. The molecule has 3 N–H and O–H groups in total. The molecule has 1 heterocycles. The molecule has 2 aromatic carbocycles. The average Bonchev–Trinajstić information content (AvgIpc) is 2.58. The molecule has 0 aromatic heterocycles. The minimum atomic E-state index is -0.899. The van der Waals surface area contributed by atoms with Gasteiger partial charge in [-0.3, -0.25) is 4.79 Å². The van der Waals surface area contributed by atoms with Crippen molar-refractivity contribution in [2.45, 2.75) is 19.9 Å². The minimum absolute atomic E-state index is 0.217. The molecule has 0 bridgehead atoms. The Balaban J connectivity index is 2.00. The first-order valence-electron chi connectivity index (χ1n) is 7.97. The molecule has 0 saturated carbocycles. The minimum Gasteiger partial charge on any atom is -0.327 e. The second-order valence-electron chi connectivity index (χ2n) is 5.96. The lowest BCUT2D eigenvalue weighted by Crippen LogP contribution is -2.46. The van der Waals surface area contributed by atoms with Gasteiger partial charge in [0.1, 0.15) is 5.82 Å². The van der Waals surface area contributed by atoms with Gasteiger partial charge in [0.15, 0.2) is 0 Å². The number of hydrogen-bond donors (Lipinski definition) is 3. The first kappa shape index (κ1) is 17.9. The van der Waals surface area contributed by atoms with Gasteiger partial charge in [0.25, 0.3) is 5.91 Å². The van der Waals surface area contributed by atoms with Gasteiger partial charge in [0.2, 0.25) is 0 Å². The Morgan fingerprint density at radius 2 is 1.88 bits per heavy atom. The summed E-state index contributed by atoms with van der Waals surface area (Å²) in [6.07, 6.45) is 0. The smallest absolute Gasteiger partial charge is 0.319 e. The highest BCUT2D eigenvalue weighted by Crippen LogP contribution is 2.30. The van der Waals surface area contributed by atoms with E-state index in [9.17, 15) is 14.0 Å². The van der Waals surface area contributed by atoms with Crippen molar-refractivity contribution in [3.05, 3.63) is 75.7 Å². The topological polar surface area (TPSA) is 70.2 Å². The Morgan fingerprint density at radius 3 is 2.62 bits per heavy atom. The van der Waals surface area contributed by atoms with Gasteiger partial charge in [-0.25, -0.2) is 9.18 Å². The van der Waals surface area contributed by atoms with E-state index in [0.29, 0.717) is 16.4 Å². The molecule has 1 aliphatic rings. The van der Waals surface area contributed by atoms with Crippen molar-refractivity contribution in [1.82, 2.24) is 10.6 Å². The molecule has 0 unspecified atom stereocenters. The fourth-order valence-corrected chi connectivity index (χ4v) is 3.04. The first-order valence-corrected chi connectivity index (χ1v) is 8.35. The number of nitrogens with one attached hydrogen (secondary N) is 3. The van der Waals surface area contributed by atoms with Crippen molar-refractivity contribution in [3.63, 3.8) is 0 Å². The quantitative estimate of drug-likeness (QED) is 0.759. The fraction of sp³-hybridized carbons (Fsp3) is 0.158. The number of allylic oxidation sites excluding steroid dienone is 1. The summed E-state index contributed by atoms with van der Waals surface area (Å²) in [5.41, 5.74) is 2.07. The summed E-state index contributed by atoms with van der Waals surface area (Å²) in [4.78, 5) is 24.8. The summed E-state index contributed by atoms with van der Waals surface area (Å²) < 4.78 is 14.3. The van der Waals surface area contributed by atoms with E-state index in [1.807, 2.05) is 0 Å². The second kappa shape index (κ2) is 7.17. The highest BCUT2D eigenvalue weighted by atomic mass is 35.5. The predicted molar refractivity (Wildman–Crippen MR) is 98.3 cm³/mol. The van der Waals surface area contributed by atoms with Crippen LogP contribution in [0.1, 0.15) is 24.1 Å². The molecule has 1 atom stereocenters. The van der Waals surface area contributed by atoms with E-state index >= 15 is 0 Å². The van der Waals surface area contributed by atoms with Crippen molar-refractivity contribution < 1.29 is 14.0 Å². The van der Waals surface area contributed by atoms with Gasteiger partial charge in [-0.15, -0.1) is 0 Å². The lowest BCUT2D eigenvalue weighted by Gasteiger charge is -2.29. The molecule has 2 aromatic rings. The van der Waals surface area contributed by atoms with Crippen LogP contribution in [0, 0.1) is 12.7 Å². The monoisotopic (exact) mass is 373 g/mol. The van der Waals surface area contributed by atoms with E-state index < -0.39 is 23.8 Å². The maximum absolute atomic E-state index is 14.3. The fourth-order valence-electron chi connectivity index (χ4n) is 2.87. The molecule has 26 heavy (non-hydrogen) atoms. The molecular formula is C19H17ClFN3O2. The third-order valence-corrected chi connectivity index (χ3v) is 4.66. The van der Waals surface area contributed by atoms with Crippen molar-refractivity contribution in [2.24, 2.45) is 0 Å². The summed E-state index contributed by atoms with van der Waals surface area (Å²) in [5.74, 6) is -0.953. The Hall–Kier alpha value is -2.86. The van der Waals surface area contributed by atoms with E-state index in [2.05, 4.69) is 16.0 Å². The van der Waals surface area contributed by atoms with Crippen molar-refractivity contribution in [2.75, 3.05) is 5.32 Å². The van der Waals surface area contributed by atoms with Gasteiger partial charge in [-0.1, -0.05) is 35.9 Å². The molecule has 0 fully saturated rings. The Kier molecular flexibility index (Phi) is 4.95. The van der Waals surface area contributed by atoms with Crippen LogP contribution < -0.4 is 16.0 Å². The molecule has 0 saturated heterocycles. The largest absolute Gasteiger partial charge is 0.327 e. The average molecular weight is 374 g/mol. The SMILES string of the molecule is CC1=C(C(=O)Nc2cccc(Cl)c2C)[C@H](c2ccccc2F)NC(=O)N1. The highest BCUT2D eigenvalue weighted by molar-refractivity contribution is 6.31. The zero-order chi connectivity index (χ0) is 18.8. The van der Waals surface area contributed by atoms with E-state index in [1.54, 1.807) is 44.2 Å². The predicted octanol–water partition coefficient (Wildman–Crippen LogP) is 4.05. The van der Waals surface area contributed by atoms with E-state index in [0.717, 1.165) is 5.56 Å². The van der Waals surface area contributed by atoms with Crippen LogP contribution in [-0.2, 0) is 4.79 Å². The maximum Gasteiger partial charge on any atom is 0.319 e. The van der Waals surface area contributed by atoms with E-state index in [4.69, 9.17) is 11.6 Å². The van der Waals surface area contributed by atoms with Crippen LogP contribution in [-0.4, -0.2) is 11.9 Å². The second-order valence-corrected chi connectivity index (χ2v) is 6.37. The molecule has 3 amide bonds. The molecule has 0 spiro atoms. The van der Waals surface area contributed by atoms with Crippen LogP contribution in [0.25, 0.3) is 0 Å². The summed E-state index contributed by atoms with van der Waals surface area (Å²) in [5, 5.41) is 8.49. The molecule has 0 radical (unpaired) electrons. The summed E-state index contributed by atoms with van der Waals surface area (Å²) in [6.45, 7) is 3.39. The number of carbonyl (C=O) groups excluding carboxylic acids is 2.